The summed E-state index contributed by atoms with van der Waals surface area (Å²) in [4.78, 5) is 39.3. The maximum atomic E-state index is 13.2. The molecule has 1 fully saturated rings. The summed E-state index contributed by atoms with van der Waals surface area (Å²) in [5.74, 6) is -1.04. The highest BCUT2D eigenvalue weighted by atomic mass is 35.5. The molecular formula is C26H23Cl2N3O3. The summed E-state index contributed by atoms with van der Waals surface area (Å²) in [5.41, 5.74) is 2.93. The lowest BCUT2D eigenvalue weighted by Crippen LogP contribution is -2.54. The van der Waals surface area contributed by atoms with Crippen molar-refractivity contribution < 1.29 is 14.4 Å². The van der Waals surface area contributed by atoms with E-state index in [-0.39, 0.29) is 5.57 Å². The van der Waals surface area contributed by atoms with Crippen molar-refractivity contribution in [1.29, 1.82) is 0 Å². The van der Waals surface area contributed by atoms with Crippen molar-refractivity contribution in [3.05, 3.63) is 93.2 Å². The molecule has 6 nitrogen and oxygen atoms in total. The average Bonchev–Trinajstić information content (AvgIpc) is 3.25. The molecule has 2 aromatic carbocycles. The van der Waals surface area contributed by atoms with Gasteiger partial charge in [-0.3, -0.25) is 14.9 Å². The molecule has 1 aliphatic rings. The Morgan fingerprint density at radius 2 is 1.74 bits per heavy atom. The summed E-state index contributed by atoms with van der Waals surface area (Å²) in [6.45, 7) is 4.67. The van der Waals surface area contributed by atoms with Crippen molar-refractivity contribution in [2.45, 2.75) is 32.7 Å². The van der Waals surface area contributed by atoms with Crippen molar-refractivity contribution in [2.24, 2.45) is 0 Å². The van der Waals surface area contributed by atoms with E-state index in [1.165, 1.54) is 6.08 Å². The number of anilines is 1. The molecule has 1 aromatic heterocycles. The van der Waals surface area contributed by atoms with Crippen molar-refractivity contribution >= 4 is 52.8 Å². The smallest absolute Gasteiger partial charge is 0.335 e. The predicted octanol–water partition coefficient (Wildman–Crippen LogP) is 6.02. The Bertz CT molecular complexity index is 1290. The Morgan fingerprint density at radius 1 is 1.00 bits per heavy atom. The second kappa shape index (κ2) is 9.87. The SMILES string of the molecule is CCC(C)c1ccc(N2C(=O)NC(=O)/C(=C\c3cccn3Cc3ccc(Cl)c(Cl)c3)C2=O)cc1. The Labute approximate surface area is 207 Å². The number of hydrogen-bond acceptors (Lipinski definition) is 3. The fourth-order valence-electron chi connectivity index (χ4n) is 3.76. The Kier molecular flexibility index (Phi) is 6.91. The topological polar surface area (TPSA) is 71.4 Å². The molecule has 0 bridgehead atoms. The van der Waals surface area contributed by atoms with E-state index in [9.17, 15) is 14.4 Å². The molecule has 1 N–H and O–H groups in total. The molecule has 3 aromatic rings. The Hall–Kier alpha value is -3.35. The van der Waals surface area contributed by atoms with Crippen LogP contribution < -0.4 is 10.2 Å². The van der Waals surface area contributed by atoms with Crippen LogP contribution >= 0.6 is 23.2 Å². The van der Waals surface area contributed by atoms with Crippen molar-refractivity contribution in [1.82, 2.24) is 9.88 Å². The highest BCUT2D eigenvalue weighted by Gasteiger charge is 2.37. The minimum Gasteiger partial charge on any atom is -0.344 e. The lowest BCUT2D eigenvalue weighted by molar-refractivity contribution is -0.122. The first-order valence-corrected chi connectivity index (χ1v) is 11.6. The minimum atomic E-state index is -0.769. The van der Waals surface area contributed by atoms with Crippen LogP contribution in [0.2, 0.25) is 10.0 Å². The maximum absolute atomic E-state index is 13.2. The number of halogens is 2. The van der Waals surface area contributed by atoms with Crippen LogP contribution in [-0.2, 0) is 16.1 Å². The molecule has 8 heteroatoms. The summed E-state index contributed by atoms with van der Waals surface area (Å²) >= 11 is 12.1. The van der Waals surface area contributed by atoms with Crippen LogP contribution in [-0.4, -0.2) is 22.4 Å². The fourth-order valence-corrected chi connectivity index (χ4v) is 4.09. The van der Waals surface area contributed by atoms with Gasteiger partial charge in [0.05, 0.1) is 15.7 Å². The van der Waals surface area contributed by atoms with Gasteiger partial charge in [-0.05, 0) is 65.9 Å². The number of nitrogens with zero attached hydrogens (tertiary/aromatic N) is 2. The third kappa shape index (κ3) is 4.79. The number of rotatable bonds is 6. The number of aromatic nitrogens is 1. The zero-order valence-corrected chi connectivity index (χ0v) is 20.2. The molecule has 0 spiro atoms. The van der Waals surface area contributed by atoms with E-state index in [1.807, 2.05) is 35.0 Å². The molecule has 1 aliphatic heterocycles. The summed E-state index contributed by atoms with van der Waals surface area (Å²) in [5, 5.41) is 3.18. The standard InChI is InChI=1S/C26H23Cl2N3O3/c1-3-16(2)18-7-9-19(10-8-18)31-25(33)21(24(32)29-26(31)34)14-20-5-4-12-30(20)15-17-6-11-22(27)23(28)13-17/h4-14,16H,3,15H2,1-2H3,(H,29,32,34)/b21-14+. The molecule has 174 valence electrons. The first kappa shape index (κ1) is 23.8. The van der Waals surface area contributed by atoms with Crippen LogP contribution in [0.5, 0.6) is 0 Å². The fraction of sp³-hybridized carbons (Fsp3) is 0.192. The lowest BCUT2D eigenvalue weighted by Gasteiger charge is -2.26. The van der Waals surface area contributed by atoms with E-state index in [1.54, 1.807) is 30.3 Å². The van der Waals surface area contributed by atoms with Gasteiger partial charge in [-0.2, -0.15) is 0 Å². The number of nitrogens with one attached hydrogen (secondary N) is 1. The normalized spacial score (nSPS) is 16.2. The van der Waals surface area contributed by atoms with Gasteiger partial charge in [-0.1, -0.05) is 55.2 Å². The molecule has 2 heterocycles. The van der Waals surface area contributed by atoms with Gasteiger partial charge in [-0.15, -0.1) is 0 Å². The van der Waals surface area contributed by atoms with E-state index in [2.05, 4.69) is 19.2 Å². The van der Waals surface area contributed by atoms with E-state index in [0.717, 1.165) is 22.4 Å². The van der Waals surface area contributed by atoms with Crippen molar-refractivity contribution in [2.75, 3.05) is 4.90 Å². The number of amides is 4. The van der Waals surface area contributed by atoms with Gasteiger partial charge in [-0.25, -0.2) is 9.69 Å². The van der Waals surface area contributed by atoms with Crippen LogP contribution in [0.25, 0.3) is 6.08 Å². The number of carbonyl (C=O) groups is 3. The van der Waals surface area contributed by atoms with Gasteiger partial charge < -0.3 is 4.57 Å². The third-order valence-corrected chi connectivity index (χ3v) is 6.67. The van der Waals surface area contributed by atoms with Crippen molar-refractivity contribution in [3.8, 4) is 0 Å². The zero-order chi connectivity index (χ0) is 24.4. The lowest BCUT2D eigenvalue weighted by atomic mass is 9.98. The molecule has 1 unspecified atom stereocenters. The Balaban J connectivity index is 1.63. The molecule has 1 saturated heterocycles. The predicted molar refractivity (Wildman–Crippen MR) is 134 cm³/mol. The van der Waals surface area contributed by atoms with Gasteiger partial charge in [0, 0.05) is 18.4 Å². The van der Waals surface area contributed by atoms with E-state index in [4.69, 9.17) is 23.2 Å². The largest absolute Gasteiger partial charge is 0.344 e. The van der Waals surface area contributed by atoms with Crippen LogP contribution in [0.1, 0.15) is 43.0 Å². The second-order valence-corrected chi connectivity index (χ2v) is 8.98. The van der Waals surface area contributed by atoms with E-state index in [0.29, 0.717) is 33.9 Å². The number of carbonyl (C=O) groups excluding carboxylic acids is 3. The molecule has 0 aliphatic carbocycles. The number of imide groups is 2. The van der Waals surface area contributed by atoms with Gasteiger partial charge in [0.15, 0.2) is 0 Å². The zero-order valence-electron chi connectivity index (χ0n) is 18.7. The summed E-state index contributed by atoms with van der Waals surface area (Å²) < 4.78 is 1.87. The summed E-state index contributed by atoms with van der Waals surface area (Å²) in [6, 6.07) is 15.4. The van der Waals surface area contributed by atoms with Crippen LogP contribution in [0, 0.1) is 0 Å². The van der Waals surface area contributed by atoms with Gasteiger partial charge in [0.2, 0.25) is 0 Å². The monoisotopic (exact) mass is 495 g/mol. The number of urea groups is 1. The maximum Gasteiger partial charge on any atom is 0.335 e. The van der Waals surface area contributed by atoms with Gasteiger partial charge in [0.25, 0.3) is 11.8 Å². The third-order valence-electron chi connectivity index (χ3n) is 5.93. The van der Waals surface area contributed by atoms with E-state index >= 15 is 0 Å². The molecule has 4 amide bonds. The number of barbiturate groups is 1. The first-order chi connectivity index (χ1) is 16.3. The molecule has 0 radical (unpaired) electrons. The average molecular weight is 496 g/mol. The molecular weight excluding hydrogens is 473 g/mol. The second-order valence-electron chi connectivity index (χ2n) is 8.17. The van der Waals surface area contributed by atoms with Crippen LogP contribution in [0.4, 0.5) is 10.5 Å². The highest BCUT2D eigenvalue weighted by molar-refractivity contribution is 6.42. The molecule has 0 saturated carbocycles. The van der Waals surface area contributed by atoms with E-state index < -0.39 is 17.8 Å². The van der Waals surface area contributed by atoms with Crippen LogP contribution in [0.3, 0.4) is 0 Å². The summed E-state index contributed by atoms with van der Waals surface area (Å²) in [6.07, 6.45) is 4.30. The molecule has 4 rings (SSSR count). The molecule has 34 heavy (non-hydrogen) atoms. The number of benzene rings is 2. The number of hydrogen-bond donors (Lipinski definition) is 1. The van der Waals surface area contributed by atoms with Gasteiger partial charge in [0.1, 0.15) is 5.57 Å². The first-order valence-electron chi connectivity index (χ1n) is 10.9. The van der Waals surface area contributed by atoms with Gasteiger partial charge >= 0.3 is 6.03 Å². The van der Waals surface area contributed by atoms with Crippen LogP contribution in [0.15, 0.2) is 66.4 Å². The summed E-state index contributed by atoms with van der Waals surface area (Å²) in [7, 11) is 0. The molecule has 1 atom stereocenters. The Morgan fingerprint density at radius 3 is 2.41 bits per heavy atom. The quantitative estimate of drug-likeness (QED) is 0.335. The highest BCUT2D eigenvalue weighted by Crippen LogP contribution is 2.26. The van der Waals surface area contributed by atoms with Crippen molar-refractivity contribution in [3.63, 3.8) is 0 Å². The minimum absolute atomic E-state index is 0.125.